The van der Waals surface area contributed by atoms with Crippen molar-refractivity contribution in [1.82, 2.24) is 0 Å². The van der Waals surface area contributed by atoms with Crippen molar-refractivity contribution in [3.05, 3.63) is 0 Å². The number of carbonyl (C=O) groups is 1. The Morgan fingerprint density at radius 2 is 2.08 bits per heavy atom. The van der Waals surface area contributed by atoms with Gasteiger partial charge in [0.15, 0.2) is 11.5 Å². The van der Waals surface area contributed by atoms with Crippen molar-refractivity contribution in [2.24, 2.45) is 0 Å². The summed E-state index contributed by atoms with van der Waals surface area (Å²) in [5.74, 6) is 3.51. The van der Waals surface area contributed by atoms with E-state index in [0.29, 0.717) is 16.7 Å². The first-order chi connectivity index (χ1) is 6.33. The highest BCUT2D eigenvalue weighted by Gasteiger charge is 2.24. The van der Waals surface area contributed by atoms with Crippen LogP contribution in [0.2, 0.25) is 0 Å². The average molecular weight is 203 g/mol. The molecular formula is C10H19O2S+. The molecule has 13 heavy (non-hydrogen) atoms. The molecule has 0 aliphatic carbocycles. The summed E-state index contributed by atoms with van der Waals surface area (Å²) < 4.78 is 5.26. The second kappa shape index (κ2) is 6.44. The number of rotatable bonds is 5. The Hall–Kier alpha value is -0.0200. The number of ether oxygens (including phenoxy) is 1. The summed E-state index contributed by atoms with van der Waals surface area (Å²) in [7, 11) is 0.347. The predicted octanol–water partition coefficient (Wildman–Crippen LogP) is 1.39. The Morgan fingerprint density at radius 1 is 1.38 bits per heavy atom. The summed E-state index contributed by atoms with van der Waals surface area (Å²) >= 11 is 0. The van der Waals surface area contributed by atoms with Crippen LogP contribution in [0, 0.1) is 0 Å². The van der Waals surface area contributed by atoms with Crippen molar-refractivity contribution in [3.8, 4) is 0 Å². The van der Waals surface area contributed by atoms with Crippen molar-refractivity contribution in [2.45, 2.75) is 26.2 Å². The fourth-order valence-corrected chi connectivity index (χ4v) is 3.18. The van der Waals surface area contributed by atoms with Gasteiger partial charge in [0.2, 0.25) is 0 Å². The van der Waals surface area contributed by atoms with Crippen molar-refractivity contribution in [1.29, 1.82) is 0 Å². The summed E-state index contributed by atoms with van der Waals surface area (Å²) in [6.07, 6.45) is 2.98. The van der Waals surface area contributed by atoms with E-state index in [-0.39, 0.29) is 0 Å². The number of unbranched alkanes of at least 4 members (excludes halogenated alkanes) is 1. The molecule has 1 aliphatic rings. The Morgan fingerprint density at radius 3 is 2.69 bits per heavy atom. The Balaban J connectivity index is 2.11. The van der Waals surface area contributed by atoms with Crippen molar-refractivity contribution >= 4 is 16.7 Å². The van der Waals surface area contributed by atoms with E-state index in [9.17, 15) is 4.79 Å². The van der Waals surface area contributed by atoms with Crippen molar-refractivity contribution < 1.29 is 9.53 Å². The van der Waals surface area contributed by atoms with E-state index in [1.54, 1.807) is 0 Å². The van der Waals surface area contributed by atoms with Crippen LogP contribution in [0.15, 0.2) is 0 Å². The molecule has 1 fully saturated rings. The van der Waals surface area contributed by atoms with E-state index >= 15 is 0 Å². The third-order valence-electron chi connectivity index (χ3n) is 2.21. The zero-order chi connectivity index (χ0) is 9.52. The lowest BCUT2D eigenvalue weighted by atomic mass is 10.2. The number of ketones is 1. The van der Waals surface area contributed by atoms with Gasteiger partial charge in [-0.3, -0.25) is 4.79 Å². The molecule has 0 aromatic rings. The maximum atomic E-state index is 11.4. The Kier molecular flexibility index (Phi) is 5.47. The molecule has 0 aromatic carbocycles. The maximum Gasteiger partial charge on any atom is 0.181 e. The Bertz CT molecular complexity index is 153. The molecule has 1 saturated heterocycles. The lowest BCUT2D eigenvalue weighted by Crippen LogP contribution is -2.31. The standard InChI is InChI=1S/C10H19O2S/c1-2-3-4-10(11)9-13-7-5-12-6-8-13/h2-9H2,1H3/q+1. The van der Waals surface area contributed by atoms with Crippen LogP contribution in [-0.4, -0.2) is 36.3 Å². The zero-order valence-electron chi connectivity index (χ0n) is 8.38. The number of carbonyl (C=O) groups excluding carboxylic acids is 1. The first-order valence-electron chi connectivity index (χ1n) is 5.06. The molecule has 0 spiro atoms. The molecule has 1 rings (SSSR count). The van der Waals surface area contributed by atoms with Crippen molar-refractivity contribution in [2.75, 3.05) is 30.5 Å². The first kappa shape index (κ1) is 11.1. The molecule has 0 atom stereocenters. The van der Waals surface area contributed by atoms with E-state index in [1.165, 1.54) is 0 Å². The van der Waals surface area contributed by atoms with Gasteiger partial charge in [-0.15, -0.1) is 0 Å². The highest BCUT2D eigenvalue weighted by Crippen LogP contribution is 2.06. The highest BCUT2D eigenvalue weighted by atomic mass is 32.2. The molecule has 0 aromatic heterocycles. The number of hydrogen-bond donors (Lipinski definition) is 0. The van der Waals surface area contributed by atoms with E-state index < -0.39 is 0 Å². The second-order valence-electron chi connectivity index (χ2n) is 3.42. The SMILES string of the molecule is CCCCC(=O)C[S+]1CCOCC1. The summed E-state index contributed by atoms with van der Waals surface area (Å²) in [6.45, 7) is 3.86. The van der Waals surface area contributed by atoms with Gasteiger partial charge in [-0.05, 0) is 17.3 Å². The molecule has 2 nitrogen and oxygen atoms in total. The third kappa shape index (κ3) is 4.67. The summed E-state index contributed by atoms with van der Waals surface area (Å²) in [5.41, 5.74) is 0. The molecule has 1 aliphatic heterocycles. The molecule has 3 heteroatoms. The van der Waals surface area contributed by atoms with Crippen LogP contribution in [-0.2, 0) is 20.4 Å². The fourth-order valence-electron chi connectivity index (χ4n) is 1.38. The summed E-state index contributed by atoms with van der Waals surface area (Å²) in [6, 6.07) is 0. The van der Waals surface area contributed by atoms with Gasteiger partial charge >= 0.3 is 0 Å². The van der Waals surface area contributed by atoms with Gasteiger partial charge in [0.25, 0.3) is 0 Å². The van der Waals surface area contributed by atoms with Crippen LogP contribution in [0.3, 0.4) is 0 Å². The molecule has 0 bridgehead atoms. The predicted molar refractivity (Wildman–Crippen MR) is 57.3 cm³/mol. The van der Waals surface area contributed by atoms with Gasteiger partial charge in [-0.2, -0.15) is 0 Å². The zero-order valence-corrected chi connectivity index (χ0v) is 9.20. The summed E-state index contributed by atoms with van der Waals surface area (Å²) in [5, 5.41) is 0. The quantitative estimate of drug-likeness (QED) is 0.631. The molecule has 0 saturated carbocycles. The Labute approximate surface area is 83.4 Å². The van der Waals surface area contributed by atoms with E-state index in [1.807, 2.05) is 0 Å². The third-order valence-corrected chi connectivity index (χ3v) is 4.43. The van der Waals surface area contributed by atoms with Gasteiger partial charge < -0.3 is 4.74 Å². The maximum absolute atomic E-state index is 11.4. The minimum atomic E-state index is 0.347. The molecule has 0 radical (unpaired) electrons. The van der Waals surface area contributed by atoms with Gasteiger partial charge in [0, 0.05) is 6.42 Å². The van der Waals surface area contributed by atoms with Crippen LogP contribution in [0.25, 0.3) is 0 Å². The van der Waals surface area contributed by atoms with E-state index in [4.69, 9.17) is 4.74 Å². The lowest BCUT2D eigenvalue weighted by Gasteiger charge is -2.13. The number of hydrogen-bond acceptors (Lipinski definition) is 2. The first-order valence-corrected chi connectivity index (χ1v) is 6.79. The van der Waals surface area contributed by atoms with E-state index in [2.05, 4.69) is 6.92 Å². The molecule has 1 heterocycles. The number of Topliss-reactive ketones (excluding diaryl/α,β-unsaturated/α-hetero) is 1. The van der Waals surface area contributed by atoms with Crippen LogP contribution in [0.5, 0.6) is 0 Å². The van der Waals surface area contributed by atoms with Crippen LogP contribution < -0.4 is 0 Å². The molecule has 0 amide bonds. The monoisotopic (exact) mass is 203 g/mol. The fraction of sp³-hybridized carbons (Fsp3) is 0.900. The minimum absolute atomic E-state index is 0.347. The molecule has 0 unspecified atom stereocenters. The molecule has 0 N–H and O–H groups in total. The average Bonchev–Trinajstić information content (AvgIpc) is 2.16. The second-order valence-corrected chi connectivity index (χ2v) is 5.75. The largest absolute Gasteiger partial charge is 0.372 e. The lowest BCUT2D eigenvalue weighted by molar-refractivity contribution is -0.116. The van der Waals surface area contributed by atoms with Crippen LogP contribution in [0.1, 0.15) is 26.2 Å². The minimum Gasteiger partial charge on any atom is -0.372 e. The van der Waals surface area contributed by atoms with E-state index in [0.717, 1.165) is 49.7 Å². The van der Waals surface area contributed by atoms with Gasteiger partial charge in [0.1, 0.15) is 11.5 Å². The topological polar surface area (TPSA) is 26.3 Å². The molecule has 76 valence electrons. The highest BCUT2D eigenvalue weighted by molar-refractivity contribution is 7.97. The summed E-state index contributed by atoms with van der Waals surface area (Å²) in [4.78, 5) is 11.4. The van der Waals surface area contributed by atoms with Crippen molar-refractivity contribution in [3.63, 3.8) is 0 Å². The van der Waals surface area contributed by atoms with Gasteiger partial charge in [-0.25, -0.2) is 0 Å². The van der Waals surface area contributed by atoms with Gasteiger partial charge in [-0.1, -0.05) is 13.3 Å². The smallest absolute Gasteiger partial charge is 0.181 e. The normalized spacial score (nSPS) is 18.8. The molecular weight excluding hydrogens is 184 g/mol. The van der Waals surface area contributed by atoms with Crippen LogP contribution >= 0.6 is 0 Å². The van der Waals surface area contributed by atoms with Gasteiger partial charge in [0.05, 0.1) is 13.2 Å². The van der Waals surface area contributed by atoms with Crippen LogP contribution in [0.4, 0.5) is 0 Å².